The Kier molecular flexibility index (Phi) is 15.6. The van der Waals surface area contributed by atoms with Crippen LogP contribution in [0.25, 0.3) is 0 Å². The van der Waals surface area contributed by atoms with Crippen molar-refractivity contribution in [2.45, 2.75) is 88.0 Å². The van der Waals surface area contributed by atoms with Crippen LogP contribution in [0.15, 0.2) is 73.1 Å². The summed E-state index contributed by atoms with van der Waals surface area (Å²) in [5, 5.41) is 38.8. The summed E-state index contributed by atoms with van der Waals surface area (Å²) < 4.78 is 55.7. The van der Waals surface area contributed by atoms with E-state index in [1.807, 2.05) is 19.9 Å². The summed E-state index contributed by atoms with van der Waals surface area (Å²) in [5.41, 5.74) is 0.172. The summed E-state index contributed by atoms with van der Waals surface area (Å²) in [7, 11) is -4.01. The Morgan fingerprint density at radius 3 is 2.00 bits per heavy atom. The second-order valence-electron chi connectivity index (χ2n) is 12.2. The monoisotopic (exact) mass is 727 g/mol. The Morgan fingerprint density at radius 2 is 1.43 bits per heavy atom. The predicted molar refractivity (Wildman–Crippen MR) is 185 cm³/mol. The highest BCUT2D eigenvalue weighted by Gasteiger charge is 2.38. The number of nitrogens with one attached hydrogen (secondary N) is 3. The third kappa shape index (κ3) is 12.2. The second-order valence-corrected chi connectivity index (χ2v) is 14.5. The fraction of sp³-hybridized carbons (Fsp3) is 0.417. The van der Waals surface area contributed by atoms with Gasteiger partial charge in [-0.1, -0.05) is 44.9 Å². The fourth-order valence-corrected chi connectivity index (χ4v) is 7.79. The molecule has 15 heteroatoms. The number of aliphatic hydroxyl groups excluding tert-OH is 2. The van der Waals surface area contributed by atoms with Crippen LogP contribution in [0.5, 0.6) is 0 Å². The van der Waals surface area contributed by atoms with Crippen LogP contribution >= 0.6 is 0 Å². The van der Waals surface area contributed by atoms with Gasteiger partial charge in [-0.15, -0.1) is 0 Å². The molecule has 0 fully saturated rings. The first kappa shape index (κ1) is 40.6. The normalized spacial score (nSPS) is 14.4. The Hall–Kier alpha value is -4.78. The smallest absolute Gasteiger partial charge is 0.253 e. The summed E-state index contributed by atoms with van der Waals surface area (Å²) in [5.74, 6) is -5.32. The standard InChI is InChI=1S/C36H43F2N5O7S/c1-3-9-28(10-4-2)51(49,50)22-31(43-35(47)25-13-8-16-40-21-25)36(48)42-30(19-23-17-26(37)20-27(38)18-23)33(45)32(44)29(14-15-39)41-34(46)24-11-6-5-7-12-24/h5-8,11-13,16-18,20-21,28-33,44-45H,3-4,9-10,14,19,22H2,1-2H3,(H,41,46)(H,42,48)(H,43,47). The molecule has 0 aliphatic rings. The van der Waals surface area contributed by atoms with Gasteiger partial charge in [-0.3, -0.25) is 19.4 Å². The first-order chi connectivity index (χ1) is 24.3. The van der Waals surface area contributed by atoms with Crippen molar-refractivity contribution in [3.63, 3.8) is 0 Å². The molecule has 0 aliphatic carbocycles. The zero-order valence-electron chi connectivity index (χ0n) is 28.3. The number of sulfone groups is 1. The molecule has 5 atom stereocenters. The first-order valence-corrected chi connectivity index (χ1v) is 18.3. The molecule has 0 saturated carbocycles. The van der Waals surface area contributed by atoms with Crippen LogP contribution in [-0.4, -0.2) is 82.7 Å². The number of rotatable bonds is 19. The molecule has 274 valence electrons. The van der Waals surface area contributed by atoms with Crippen molar-refractivity contribution in [1.82, 2.24) is 20.9 Å². The average Bonchev–Trinajstić information content (AvgIpc) is 3.10. The predicted octanol–water partition coefficient (Wildman–Crippen LogP) is 3.00. The zero-order valence-corrected chi connectivity index (χ0v) is 29.2. The van der Waals surface area contributed by atoms with Crippen molar-refractivity contribution < 1.29 is 41.8 Å². The molecule has 5 N–H and O–H groups in total. The number of pyridine rings is 1. The Morgan fingerprint density at radius 1 is 0.843 bits per heavy atom. The lowest BCUT2D eigenvalue weighted by Gasteiger charge is -2.33. The minimum Gasteiger partial charge on any atom is -0.388 e. The molecular weight excluding hydrogens is 684 g/mol. The van der Waals surface area contributed by atoms with E-state index in [-0.39, 0.29) is 16.7 Å². The molecule has 3 rings (SSSR count). The number of halogens is 2. The van der Waals surface area contributed by atoms with Gasteiger partial charge in [-0.25, -0.2) is 17.2 Å². The van der Waals surface area contributed by atoms with Gasteiger partial charge in [0.1, 0.15) is 29.9 Å². The summed E-state index contributed by atoms with van der Waals surface area (Å²) in [6.07, 6.45) is -0.535. The summed E-state index contributed by atoms with van der Waals surface area (Å²) in [4.78, 5) is 43.9. The van der Waals surface area contributed by atoms with E-state index in [0.29, 0.717) is 31.7 Å². The lowest BCUT2D eigenvalue weighted by atomic mass is 9.92. The topological polar surface area (TPSA) is 199 Å². The molecule has 2 aromatic carbocycles. The number of carbonyl (C=O) groups excluding carboxylic acids is 3. The van der Waals surface area contributed by atoms with Gasteiger partial charge in [0.2, 0.25) is 5.91 Å². The minimum absolute atomic E-state index is 0.0297. The number of aromatic nitrogens is 1. The molecule has 1 heterocycles. The van der Waals surface area contributed by atoms with Crippen LogP contribution in [0.1, 0.15) is 72.2 Å². The lowest BCUT2D eigenvalue weighted by Crippen LogP contribution is -2.60. The summed E-state index contributed by atoms with van der Waals surface area (Å²) in [6, 6.07) is 10.4. The molecule has 0 bridgehead atoms. The maximum absolute atomic E-state index is 14.2. The third-order valence-corrected chi connectivity index (χ3v) is 10.5. The molecular formula is C36H43F2N5O7S. The number of aliphatic hydroxyl groups is 2. The van der Waals surface area contributed by atoms with Crippen molar-refractivity contribution >= 4 is 27.6 Å². The van der Waals surface area contributed by atoms with Gasteiger partial charge < -0.3 is 26.2 Å². The number of nitriles is 1. The maximum Gasteiger partial charge on any atom is 0.253 e. The SMILES string of the molecule is CCCC(CCC)S(=O)(=O)CC(NC(=O)c1cccnc1)C(=O)NC(Cc1cc(F)cc(F)c1)C(O)C(O)C(CC#N)NC(=O)c1ccccc1. The fourth-order valence-electron chi connectivity index (χ4n) is 5.63. The quantitative estimate of drug-likeness (QED) is 0.123. The van der Waals surface area contributed by atoms with Crippen LogP contribution in [0.3, 0.4) is 0 Å². The van der Waals surface area contributed by atoms with Gasteiger partial charge in [0, 0.05) is 24.0 Å². The van der Waals surface area contributed by atoms with Crippen molar-refractivity contribution in [3.8, 4) is 6.07 Å². The van der Waals surface area contributed by atoms with E-state index in [2.05, 4.69) is 20.9 Å². The van der Waals surface area contributed by atoms with Gasteiger partial charge >= 0.3 is 0 Å². The largest absolute Gasteiger partial charge is 0.388 e. The van der Waals surface area contributed by atoms with Crippen LogP contribution in [0, 0.1) is 23.0 Å². The molecule has 3 amide bonds. The zero-order chi connectivity index (χ0) is 37.6. The van der Waals surface area contributed by atoms with Crippen molar-refractivity contribution in [2.75, 3.05) is 5.75 Å². The van der Waals surface area contributed by atoms with Gasteiger partial charge in [0.05, 0.1) is 41.1 Å². The van der Waals surface area contributed by atoms with E-state index < -0.39 is 93.4 Å². The van der Waals surface area contributed by atoms with Gasteiger partial charge in [0.15, 0.2) is 9.84 Å². The van der Waals surface area contributed by atoms with Crippen LogP contribution in [0.4, 0.5) is 8.78 Å². The first-order valence-electron chi connectivity index (χ1n) is 16.6. The summed E-state index contributed by atoms with van der Waals surface area (Å²) in [6.45, 7) is 3.64. The van der Waals surface area contributed by atoms with E-state index >= 15 is 0 Å². The molecule has 5 unspecified atom stereocenters. The van der Waals surface area contributed by atoms with Gasteiger partial charge in [-0.2, -0.15) is 5.26 Å². The Labute approximate surface area is 296 Å². The average molecular weight is 728 g/mol. The molecule has 0 radical (unpaired) electrons. The number of hydrogen-bond acceptors (Lipinski definition) is 9. The molecule has 3 aromatic rings. The van der Waals surface area contributed by atoms with Crippen LogP contribution in [-0.2, 0) is 21.1 Å². The van der Waals surface area contributed by atoms with Crippen LogP contribution in [0.2, 0.25) is 0 Å². The van der Waals surface area contributed by atoms with Crippen molar-refractivity contribution in [2.24, 2.45) is 0 Å². The number of amides is 3. The summed E-state index contributed by atoms with van der Waals surface area (Å²) >= 11 is 0. The highest BCUT2D eigenvalue weighted by molar-refractivity contribution is 7.92. The Balaban J connectivity index is 1.99. The highest BCUT2D eigenvalue weighted by atomic mass is 32.2. The van der Waals surface area contributed by atoms with Crippen LogP contribution < -0.4 is 16.0 Å². The molecule has 12 nitrogen and oxygen atoms in total. The van der Waals surface area contributed by atoms with E-state index in [1.54, 1.807) is 18.2 Å². The molecule has 0 spiro atoms. The van der Waals surface area contributed by atoms with E-state index in [4.69, 9.17) is 0 Å². The van der Waals surface area contributed by atoms with Crippen molar-refractivity contribution in [3.05, 3.63) is 101 Å². The van der Waals surface area contributed by atoms with Gasteiger partial charge in [0.25, 0.3) is 11.8 Å². The molecule has 1 aromatic heterocycles. The minimum atomic E-state index is -4.01. The Bertz CT molecular complexity index is 1730. The third-order valence-electron chi connectivity index (χ3n) is 8.22. The number of hydrogen-bond donors (Lipinski definition) is 5. The number of nitrogens with zero attached hydrogens (tertiary/aromatic N) is 2. The number of benzene rings is 2. The highest BCUT2D eigenvalue weighted by Crippen LogP contribution is 2.19. The molecule has 0 saturated heterocycles. The van der Waals surface area contributed by atoms with E-state index in [0.717, 1.165) is 12.1 Å². The second kappa shape index (κ2) is 19.6. The molecule has 0 aliphatic heterocycles. The van der Waals surface area contributed by atoms with E-state index in [9.17, 15) is 47.1 Å². The molecule has 51 heavy (non-hydrogen) atoms. The maximum atomic E-state index is 14.2. The lowest BCUT2D eigenvalue weighted by molar-refractivity contribution is -0.125. The van der Waals surface area contributed by atoms with Gasteiger partial charge in [-0.05, 0) is 61.2 Å². The van der Waals surface area contributed by atoms with Crippen molar-refractivity contribution in [1.29, 1.82) is 5.26 Å². The number of carbonyl (C=O) groups is 3. The van der Waals surface area contributed by atoms with E-state index in [1.165, 1.54) is 36.7 Å².